The number of halogens is 1. The highest BCUT2D eigenvalue weighted by atomic mass is 19.1. The molecule has 1 aliphatic carbocycles. The molecule has 2 N–H and O–H groups in total. The number of pyridine rings is 3. The Labute approximate surface area is 286 Å². The molecular formula is C39H42FN7O2. The molecule has 1 fully saturated rings. The van der Waals surface area contributed by atoms with Gasteiger partial charge in [0, 0.05) is 60.0 Å². The number of fused-ring (bicyclic) bond motifs is 2. The summed E-state index contributed by atoms with van der Waals surface area (Å²) in [4.78, 5) is 37.6. The van der Waals surface area contributed by atoms with Crippen molar-refractivity contribution < 1.29 is 13.9 Å². The predicted molar refractivity (Wildman–Crippen MR) is 192 cm³/mol. The number of likely N-dealkylation sites (N-methyl/N-ethyl adjacent to an activating group) is 1. The lowest BCUT2D eigenvalue weighted by molar-refractivity contribution is -0.117. The lowest BCUT2D eigenvalue weighted by Crippen LogP contribution is -2.19. The van der Waals surface area contributed by atoms with Crippen LogP contribution in [0, 0.1) is 11.7 Å². The van der Waals surface area contributed by atoms with Gasteiger partial charge in [-0.3, -0.25) is 19.8 Å². The molecule has 0 radical (unpaired) electrons. The SMILES string of the molecule is CN(C)CCOc1cc(F)cc(-c2nccc3[nH]c(C4=NCCCc5ccc(-c6cncc(NC(=O)CC7CCCCC7)c6)nc54)cc23)c1. The summed E-state index contributed by atoms with van der Waals surface area (Å²) >= 11 is 0. The fourth-order valence-electron chi connectivity index (χ4n) is 6.86. The third-order valence-corrected chi connectivity index (χ3v) is 9.35. The first-order chi connectivity index (χ1) is 23.9. The van der Waals surface area contributed by atoms with Gasteiger partial charge in [0.15, 0.2) is 0 Å². The maximum absolute atomic E-state index is 14.8. The molecule has 5 aromatic rings. The molecular weight excluding hydrogens is 617 g/mol. The first-order valence-corrected chi connectivity index (χ1v) is 17.3. The number of anilines is 1. The smallest absolute Gasteiger partial charge is 0.224 e. The molecule has 1 amide bonds. The monoisotopic (exact) mass is 659 g/mol. The number of aromatic nitrogens is 4. The quantitative estimate of drug-likeness (QED) is 0.161. The highest BCUT2D eigenvalue weighted by Crippen LogP contribution is 2.33. The van der Waals surface area contributed by atoms with Gasteiger partial charge in [-0.25, -0.2) is 9.37 Å². The Hall–Kier alpha value is -4.96. The van der Waals surface area contributed by atoms with Gasteiger partial charge in [-0.15, -0.1) is 0 Å². The molecule has 5 heterocycles. The Bertz CT molecular complexity index is 2000. The van der Waals surface area contributed by atoms with E-state index in [-0.39, 0.29) is 11.7 Å². The Kier molecular flexibility index (Phi) is 9.75. The number of hydrogen-bond donors (Lipinski definition) is 2. The molecule has 2 aliphatic rings. The van der Waals surface area contributed by atoms with Crippen LogP contribution in [0.1, 0.15) is 61.9 Å². The van der Waals surface area contributed by atoms with Crippen molar-refractivity contribution >= 4 is 28.2 Å². The van der Waals surface area contributed by atoms with Gasteiger partial charge in [-0.1, -0.05) is 25.3 Å². The van der Waals surface area contributed by atoms with Crippen molar-refractivity contribution in [2.75, 3.05) is 39.1 Å². The first kappa shape index (κ1) is 32.6. The third-order valence-electron chi connectivity index (χ3n) is 9.35. The fourth-order valence-corrected chi connectivity index (χ4v) is 6.86. The van der Waals surface area contributed by atoms with Crippen LogP contribution < -0.4 is 10.1 Å². The summed E-state index contributed by atoms with van der Waals surface area (Å²) in [7, 11) is 3.94. The summed E-state index contributed by atoms with van der Waals surface area (Å²) in [5.41, 5.74) is 7.92. The molecule has 1 aromatic carbocycles. The van der Waals surface area contributed by atoms with Crippen molar-refractivity contribution in [2.45, 2.75) is 51.4 Å². The number of carbonyl (C=O) groups is 1. The van der Waals surface area contributed by atoms with Crippen LogP contribution in [-0.2, 0) is 11.2 Å². The number of aryl methyl sites for hydroxylation is 1. The van der Waals surface area contributed by atoms with Gasteiger partial charge in [0.25, 0.3) is 0 Å². The maximum atomic E-state index is 14.8. The second-order valence-electron chi connectivity index (χ2n) is 13.4. The minimum atomic E-state index is -0.381. The molecule has 0 spiro atoms. The van der Waals surface area contributed by atoms with Crippen molar-refractivity contribution in [1.29, 1.82) is 0 Å². The third kappa shape index (κ3) is 7.70. The molecule has 9 nitrogen and oxygen atoms in total. The Balaban J connectivity index is 1.17. The first-order valence-electron chi connectivity index (χ1n) is 17.3. The molecule has 7 rings (SSSR count). The number of carbonyl (C=O) groups excluding carboxylic acids is 1. The zero-order valence-corrected chi connectivity index (χ0v) is 28.1. The fraction of sp³-hybridized carbons (Fsp3) is 0.359. The normalized spacial score (nSPS) is 15.1. The molecule has 1 aliphatic heterocycles. The molecule has 0 saturated heterocycles. The summed E-state index contributed by atoms with van der Waals surface area (Å²) in [6.07, 6.45) is 13.4. The summed E-state index contributed by atoms with van der Waals surface area (Å²) in [5.74, 6) is 0.582. The highest BCUT2D eigenvalue weighted by Gasteiger charge is 2.22. The van der Waals surface area contributed by atoms with E-state index in [4.69, 9.17) is 14.7 Å². The molecule has 10 heteroatoms. The molecule has 49 heavy (non-hydrogen) atoms. The molecule has 4 aromatic heterocycles. The van der Waals surface area contributed by atoms with Crippen molar-refractivity contribution in [2.24, 2.45) is 10.9 Å². The van der Waals surface area contributed by atoms with Crippen molar-refractivity contribution in [3.05, 3.63) is 89.9 Å². The molecule has 1 saturated carbocycles. The van der Waals surface area contributed by atoms with E-state index in [0.29, 0.717) is 48.2 Å². The molecule has 252 valence electrons. The standard InChI is InChI=1S/C39H42FN7O2/c1-47(2)15-16-49-31-20-27(18-29(40)21-31)37-32-22-35(45-34(32)12-14-43-37)39-38-26(9-6-13-42-39)10-11-33(46-38)28-19-30(24-41-23-28)44-36(48)17-25-7-4-3-5-8-25/h10-12,14,18-25,45H,3-9,13,15-17H2,1-2H3,(H,44,48). The minimum absolute atomic E-state index is 0.0362. The second kappa shape index (κ2) is 14.7. The minimum Gasteiger partial charge on any atom is -0.492 e. The van der Waals surface area contributed by atoms with Gasteiger partial charge in [0.05, 0.1) is 34.7 Å². The van der Waals surface area contributed by atoms with Gasteiger partial charge in [0.2, 0.25) is 5.91 Å². The number of H-pyrrole nitrogens is 1. The number of nitrogens with zero attached hydrogens (tertiary/aromatic N) is 5. The largest absolute Gasteiger partial charge is 0.492 e. The maximum Gasteiger partial charge on any atom is 0.224 e. The van der Waals surface area contributed by atoms with Crippen LogP contribution in [0.15, 0.2) is 72.1 Å². The van der Waals surface area contributed by atoms with E-state index >= 15 is 0 Å². The van der Waals surface area contributed by atoms with E-state index in [0.717, 1.165) is 77.1 Å². The Morgan fingerprint density at radius 2 is 1.88 bits per heavy atom. The molecule has 0 atom stereocenters. The van der Waals surface area contributed by atoms with E-state index in [2.05, 4.69) is 26.3 Å². The number of aromatic amines is 1. The zero-order valence-electron chi connectivity index (χ0n) is 28.1. The van der Waals surface area contributed by atoms with Crippen LogP contribution >= 0.6 is 0 Å². The van der Waals surface area contributed by atoms with Crippen LogP contribution in [0.4, 0.5) is 10.1 Å². The summed E-state index contributed by atoms with van der Waals surface area (Å²) in [6, 6.07) is 14.7. The average molecular weight is 660 g/mol. The van der Waals surface area contributed by atoms with Crippen LogP contribution in [0.2, 0.25) is 0 Å². The lowest BCUT2D eigenvalue weighted by atomic mass is 9.87. The van der Waals surface area contributed by atoms with E-state index in [9.17, 15) is 9.18 Å². The van der Waals surface area contributed by atoms with E-state index in [1.807, 2.05) is 49.3 Å². The second-order valence-corrected chi connectivity index (χ2v) is 13.4. The Morgan fingerprint density at radius 1 is 1.00 bits per heavy atom. The predicted octanol–water partition coefficient (Wildman–Crippen LogP) is 7.46. The van der Waals surface area contributed by atoms with Gasteiger partial charge in [0.1, 0.15) is 23.9 Å². The number of nitrogens with one attached hydrogen (secondary N) is 2. The van der Waals surface area contributed by atoms with E-state index < -0.39 is 0 Å². The Morgan fingerprint density at radius 3 is 2.73 bits per heavy atom. The average Bonchev–Trinajstić information content (AvgIpc) is 3.41. The number of hydrogen-bond acceptors (Lipinski definition) is 7. The number of amides is 1. The van der Waals surface area contributed by atoms with Gasteiger partial charge >= 0.3 is 0 Å². The lowest BCUT2D eigenvalue weighted by Gasteiger charge is -2.20. The number of ether oxygens (including phenoxy) is 1. The number of rotatable bonds is 10. The van der Waals surface area contributed by atoms with Crippen LogP contribution in [0.3, 0.4) is 0 Å². The summed E-state index contributed by atoms with van der Waals surface area (Å²) in [6.45, 7) is 1.84. The molecule has 0 bridgehead atoms. The molecule has 0 unspecified atom stereocenters. The van der Waals surface area contributed by atoms with Crippen molar-refractivity contribution in [3.63, 3.8) is 0 Å². The number of aliphatic imine (C=N–C) groups is 1. The van der Waals surface area contributed by atoms with E-state index in [1.165, 1.54) is 31.4 Å². The summed E-state index contributed by atoms with van der Waals surface area (Å²) < 4.78 is 20.6. The summed E-state index contributed by atoms with van der Waals surface area (Å²) in [5, 5.41) is 3.92. The van der Waals surface area contributed by atoms with Crippen molar-refractivity contribution in [1.82, 2.24) is 24.8 Å². The van der Waals surface area contributed by atoms with Crippen LogP contribution in [0.25, 0.3) is 33.4 Å². The van der Waals surface area contributed by atoms with Gasteiger partial charge in [-0.05, 0) is 87.7 Å². The zero-order chi connectivity index (χ0) is 33.7. The van der Waals surface area contributed by atoms with Crippen molar-refractivity contribution in [3.8, 4) is 28.3 Å². The van der Waals surface area contributed by atoms with E-state index in [1.54, 1.807) is 18.6 Å². The van der Waals surface area contributed by atoms with Crippen LogP contribution in [0.5, 0.6) is 5.75 Å². The highest BCUT2D eigenvalue weighted by molar-refractivity contribution is 6.14. The van der Waals surface area contributed by atoms with Gasteiger partial charge < -0.3 is 19.9 Å². The van der Waals surface area contributed by atoms with Crippen LogP contribution in [-0.4, -0.2) is 70.2 Å². The van der Waals surface area contributed by atoms with Gasteiger partial charge in [-0.2, -0.15) is 0 Å². The number of benzene rings is 1. The topological polar surface area (TPSA) is 108 Å².